The van der Waals surface area contributed by atoms with E-state index in [4.69, 9.17) is 37.2 Å². The van der Waals surface area contributed by atoms with Crippen LogP contribution in [0.3, 0.4) is 0 Å². The van der Waals surface area contributed by atoms with Crippen molar-refractivity contribution in [2.75, 3.05) is 30.4 Å². The second-order valence-corrected chi connectivity index (χ2v) is 14.7. The molecule has 2 saturated carbocycles. The highest BCUT2D eigenvalue weighted by Crippen LogP contribution is 2.47. The first-order valence-corrected chi connectivity index (χ1v) is 16.5. The number of ketones is 1. The van der Waals surface area contributed by atoms with Gasteiger partial charge in [0.25, 0.3) is 0 Å². The molecule has 3 heterocycles. The van der Waals surface area contributed by atoms with Crippen molar-refractivity contribution < 1.29 is 27.2 Å². The van der Waals surface area contributed by atoms with Crippen molar-refractivity contribution in [2.24, 2.45) is 5.92 Å². The number of hydrogen-bond acceptors (Lipinski definition) is 8. The zero-order chi connectivity index (χ0) is 28.3. The van der Waals surface area contributed by atoms with E-state index in [-0.39, 0.29) is 25.1 Å². The quantitative estimate of drug-likeness (QED) is 0.267. The van der Waals surface area contributed by atoms with Crippen molar-refractivity contribution in [1.29, 1.82) is 0 Å². The van der Waals surface area contributed by atoms with E-state index >= 15 is 0 Å². The van der Waals surface area contributed by atoms with Gasteiger partial charge in [0.05, 0.1) is 36.0 Å². The lowest BCUT2D eigenvalue weighted by Gasteiger charge is -2.33. The third kappa shape index (κ3) is 5.20. The average Bonchev–Trinajstić information content (AvgIpc) is 3.36. The normalized spacial score (nSPS) is 24.1. The summed E-state index contributed by atoms with van der Waals surface area (Å²) in [5.41, 5.74) is 3.73. The minimum atomic E-state index is -3.48. The minimum absolute atomic E-state index is 0.120. The maximum Gasteiger partial charge on any atom is 0.177 e. The van der Waals surface area contributed by atoms with E-state index in [1.54, 1.807) is 24.3 Å². The van der Waals surface area contributed by atoms with Gasteiger partial charge in [-0.25, -0.2) is 8.42 Å². The molecule has 8 nitrogen and oxygen atoms in total. The standard InChI is InChI=1S/C30H30Cl2N2O6S/c31-24-2-1-3-25(32)28(24)29-23(30(40-33-29)18-4-5-18)15-39-27-11-21-10-19(27)12-34(21)20-8-6-17(7-9-20)26(35)16-41(36,37)22-13-38-14-22/h1-3,6-9,18-19,21-22,27H,4-5,10-16H2/t19-,21-,27+/m0/s1. The zero-order valence-corrected chi connectivity index (χ0v) is 24.6. The summed E-state index contributed by atoms with van der Waals surface area (Å²) in [6, 6.07) is 13.1. The van der Waals surface area contributed by atoms with Crippen LogP contribution in [-0.4, -0.2) is 62.3 Å². The Balaban J connectivity index is 1.00. The monoisotopic (exact) mass is 616 g/mol. The molecular formula is C30H30Cl2N2O6S. The van der Waals surface area contributed by atoms with Gasteiger partial charge < -0.3 is 18.9 Å². The van der Waals surface area contributed by atoms with Crippen LogP contribution in [0.5, 0.6) is 0 Å². The fourth-order valence-corrected chi connectivity index (χ4v) is 8.26. The molecule has 0 amide bonds. The van der Waals surface area contributed by atoms with Crippen LogP contribution >= 0.6 is 23.2 Å². The highest BCUT2D eigenvalue weighted by atomic mass is 35.5. The van der Waals surface area contributed by atoms with Gasteiger partial charge in [0.1, 0.15) is 22.5 Å². The van der Waals surface area contributed by atoms with Crippen LogP contribution in [0.1, 0.15) is 53.3 Å². The molecule has 2 aromatic carbocycles. The third-order valence-electron chi connectivity index (χ3n) is 8.85. The summed E-state index contributed by atoms with van der Waals surface area (Å²) in [5.74, 6) is 0.773. The van der Waals surface area contributed by atoms with Gasteiger partial charge in [-0.3, -0.25) is 4.79 Å². The van der Waals surface area contributed by atoms with Gasteiger partial charge in [-0.1, -0.05) is 34.4 Å². The number of benzene rings is 2. The van der Waals surface area contributed by atoms with Crippen LogP contribution in [-0.2, 0) is 25.9 Å². The lowest BCUT2D eigenvalue weighted by Crippen LogP contribution is -2.43. The Bertz CT molecular complexity index is 1560. The first-order chi connectivity index (χ1) is 19.8. The van der Waals surface area contributed by atoms with E-state index in [0.29, 0.717) is 51.4 Å². The van der Waals surface area contributed by atoms with E-state index < -0.39 is 20.8 Å². The zero-order valence-electron chi connectivity index (χ0n) is 22.3. The molecule has 2 aliphatic heterocycles. The van der Waals surface area contributed by atoms with Crippen molar-refractivity contribution >= 4 is 44.5 Å². The minimum Gasteiger partial charge on any atom is -0.379 e. The Labute approximate surface area is 248 Å². The van der Waals surface area contributed by atoms with Gasteiger partial charge in [0.15, 0.2) is 15.6 Å². The third-order valence-corrected chi connectivity index (χ3v) is 11.4. The predicted octanol–water partition coefficient (Wildman–Crippen LogP) is 5.71. The van der Waals surface area contributed by atoms with E-state index in [2.05, 4.69) is 10.1 Å². The molecule has 0 spiro atoms. The number of nitrogens with zero attached hydrogens (tertiary/aromatic N) is 2. The summed E-state index contributed by atoms with van der Waals surface area (Å²) in [6.45, 7) is 1.61. The Kier molecular flexibility index (Phi) is 7.14. The number of sulfone groups is 1. The molecule has 216 valence electrons. The Morgan fingerprint density at radius 1 is 1.05 bits per heavy atom. The topological polar surface area (TPSA) is 98.9 Å². The van der Waals surface area contributed by atoms with Crippen LogP contribution in [0, 0.1) is 5.92 Å². The van der Waals surface area contributed by atoms with E-state index in [9.17, 15) is 13.2 Å². The van der Waals surface area contributed by atoms with Gasteiger partial charge in [0.2, 0.25) is 0 Å². The molecular weight excluding hydrogens is 587 g/mol. The lowest BCUT2D eigenvalue weighted by atomic mass is 10.0. The molecule has 2 saturated heterocycles. The molecule has 4 aliphatic rings. The number of halogens is 2. The number of Topliss-reactive ketones (excluding diaryl/α,β-unsaturated/α-hetero) is 1. The summed E-state index contributed by atoms with van der Waals surface area (Å²) in [5, 5.41) is 4.88. The number of fused-ring (bicyclic) bond motifs is 2. The van der Waals surface area contributed by atoms with Gasteiger partial charge in [-0.2, -0.15) is 0 Å². The number of anilines is 1. The van der Waals surface area contributed by atoms with Gasteiger partial charge in [-0.15, -0.1) is 0 Å². The maximum atomic E-state index is 12.6. The van der Waals surface area contributed by atoms with E-state index in [0.717, 1.165) is 49.2 Å². The van der Waals surface area contributed by atoms with Crippen LogP contribution in [0.25, 0.3) is 11.3 Å². The molecule has 0 radical (unpaired) electrons. The molecule has 41 heavy (non-hydrogen) atoms. The second kappa shape index (κ2) is 10.7. The van der Waals surface area contributed by atoms with E-state index in [1.165, 1.54) is 0 Å². The van der Waals surface area contributed by atoms with Gasteiger partial charge in [-0.05, 0) is 62.1 Å². The largest absolute Gasteiger partial charge is 0.379 e. The van der Waals surface area contributed by atoms with Crippen molar-refractivity contribution in [1.82, 2.24) is 5.16 Å². The van der Waals surface area contributed by atoms with Crippen LogP contribution in [0.2, 0.25) is 10.0 Å². The molecule has 2 aliphatic carbocycles. The average molecular weight is 618 g/mol. The molecule has 3 atom stereocenters. The van der Waals surface area contributed by atoms with Crippen molar-refractivity contribution in [2.45, 2.75) is 55.6 Å². The highest BCUT2D eigenvalue weighted by molar-refractivity contribution is 7.92. The summed E-state index contributed by atoms with van der Waals surface area (Å²) < 4.78 is 42.0. The molecule has 3 aromatic rings. The first-order valence-electron chi connectivity index (χ1n) is 14.0. The molecule has 2 bridgehead atoms. The number of piperidine rings is 1. The molecule has 0 N–H and O–H groups in total. The maximum absolute atomic E-state index is 12.6. The fraction of sp³-hybridized carbons (Fsp3) is 0.467. The highest BCUT2D eigenvalue weighted by Gasteiger charge is 2.46. The van der Waals surface area contributed by atoms with Crippen LogP contribution in [0.4, 0.5) is 5.69 Å². The van der Waals surface area contributed by atoms with E-state index in [1.807, 2.05) is 18.2 Å². The summed E-state index contributed by atoms with van der Waals surface area (Å²) in [7, 11) is -3.48. The van der Waals surface area contributed by atoms with Crippen molar-refractivity contribution in [3.63, 3.8) is 0 Å². The van der Waals surface area contributed by atoms with Gasteiger partial charge in [0, 0.05) is 46.8 Å². The number of ether oxygens (including phenoxy) is 2. The lowest BCUT2D eigenvalue weighted by molar-refractivity contribution is 0.0122. The molecule has 0 unspecified atom stereocenters. The SMILES string of the molecule is O=C(CS(=O)(=O)C1COC1)c1ccc(N2C[C@@H]3C[C@H]2C[C@H]3OCc2c(-c3c(Cl)cccc3Cl)noc2C2CC2)cc1. The van der Waals surface area contributed by atoms with Gasteiger partial charge >= 0.3 is 0 Å². The Morgan fingerprint density at radius 2 is 1.78 bits per heavy atom. The Hall–Kier alpha value is -2.43. The number of carbonyl (C=O) groups is 1. The first kappa shape index (κ1) is 27.4. The smallest absolute Gasteiger partial charge is 0.177 e. The predicted molar refractivity (Wildman–Crippen MR) is 156 cm³/mol. The molecule has 1 aromatic heterocycles. The molecule has 7 rings (SSSR count). The summed E-state index contributed by atoms with van der Waals surface area (Å²) >= 11 is 13.0. The number of hydrogen-bond donors (Lipinski definition) is 0. The van der Waals surface area contributed by atoms with Crippen molar-refractivity contribution in [3.8, 4) is 11.3 Å². The van der Waals surface area contributed by atoms with Crippen LogP contribution in [0.15, 0.2) is 47.0 Å². The number of carbonyl (C=O) groups excluding carboxylic acids is 1. The number of rotatable bonds is 10. The Morgan fingerprint density at radius 3 is 2.39 bits per heavy atom. The van der Waals surface area contributed by atoms with Crippen molar-refractivity contribution in [3.05, 3.63) is 69.4 Å². The van der Waals surface area contributed by atoms with Crippen LogP contribution < -0.4 is 4.90 Å². The molecule has 11 heteroatoms. The summed E-state index contributed by atoms with van der Waals surface area (Å²) in [4.78, 5) is 15.0. The fourth-order valence-electron chi connectivity index (χ4n) is 6.31. The number of aromatic nitrogens is 1. The summed E-state index contributed by atoms with van der Waals surface area (Å²) in [6.07, 6.45) is 4.22. The second-order valence-electron chi connectivity index (χ2n) is 11.6. The molecule has 4 fully saturated rings.